The second-order valence-electron chi connectivity index (χ2n) is 5.54. The van der Waals surface area contributed by atoms with E-state index in [0.717, 1.165) is 10.6 Å². The fourth-order valence-electron chi connectivity index (χ4n) is 3.01. The lowest BCUT2D eigenvalue weighted by Gasteiger charge is -2.21. The van der Waals surface area contributed by atoms with Gasteiger partial charge in [-0.1, -0.05) is 24.3 Å². The van der Waals surface area contributed by atoms with Crippen molar-refractivity contribution in [2.24, 2.45) is 9.98 Å². The molecule has 0 amide bonds. The summed E-state index contributed by atoms with van der Waals surface area (Å²) in [5.74, 6) is 0.484. The van der Waals surface area contributed by atoms with Crippen molar-refractivity contribution < 1.29 is 9.90 Å². The van der Waals surface area contributed by atoms with Crippen LogP contribution >= 0.6 is 11.3 Å². The maximum absolute atomic E-state index is 12.5. The van der Waals surface area contributed by atoms with Gasteiger partial charge < -0.3 is 5.11 Å². The minimum atomic E-state index is -0.122. The first-order chi connectivity index (χ1) is 10.7. The van der Waals surface area contributed by atoms with Crippen molar-refractivity contribution in [2.45, 2.75) is 24.8 Å². The van der Waals surface area contributed by atoms with Gasteiger partial charge in [0.15, 0.2) is 11.6 Å². The number of aliphatic hydroxyl groups excluding tert-OH is 1. The number of hydrogen-bond acceptors (Lipinski definition) is 5. The molecule has 2 unspecified atom stereocenters. The van der Waals surface area contributed by atoms with E-state index >= 15 is 0 Å². The minimum absolute atomic E-state index is 0.0629. The Morgan fingerprint density at radius 2 is 2.18 bits per heavy atom. The zero-order chi connectivity index (χ0) is 15.1. The van der Waals surface area contributed by atoms with Gasteiger partial charge in [0.05, 0.1) is 11.3 Å². The van der Waals surface area contributed by atoms with Crippen molar-refractivity contribution in [3.63, 3.8) is 0 Å². The zero-order valence-corrected chi connectivity index (χ0v) is 12.6. The number of rotatable bonds is 2. The number of carbonyl (C=O) groups is 1. The van der Waals surface area contributed by atoms with E-state index in [1.165, 1.54) is 0 Å². The molecule has 4 rings (SSSR count). The molecule has 0 saturated heterocycles. The highest BCUT2D eigenvalue weighted by molar-refractivity contribution is 7.10. The van der Waals surface area contributed by atoms with Crippen LogP contribution in [0, 0.1) is 0 Å². The van der Waals surface area contributed by atoms with E-state index in [1.54, 1.807) is 11.3 Å². The number of aliphatic hydroxyl groups is 1. The number of nitrogens with zero attached hydrogens (tertiary/aromatic N) is 2. The number of thiophene rings is 1. The van der Waals surface area contributed by atoms with E-state index in [0.29, 0.717) is 24.3 Å². The average Bonchev–Trinajstić information content (AvgIpc) is 3.16. The van der Waals surface area contributed by atoms with E-state index in [-0.39, 0.29) is 23.5 Å². The number of hydrogen-bond donors (Lipinski definition) is 1. The summed E-state index contributed by atoms with van der Waals surface area (Å²) in [7, 11) is 0. The number of allylic oxidation sites excluding steroid dienone is 3. The number of ketones is 1. The molecule has 0 fully saturated rings. The third-order valence-electron chi connectivity index (χ3n) is 4.08. The Hall–Kier alpha value is -2.27. The largest absolute Gasteiger partial charge is 0.511 e. The zero-order valence-electron chi connectivity index (χ0n) is 11.8. The molecule has 1 aromatic heterocycles. The number of amidine groups is 1. The molecule has 22 heavy (non-hydrogen) atoms. The lowest BCUT2D eigenvalue weighted by atomic mass is 9.85. The molecule has 0 aromatic carbocycles. The van der Waals surface area contributed by atoms with Crippen LogP contribution in [0.3, 0.4) is 0 Å². The van der Waals surface area contributed by atoms with Crippen LogP contribution in [0.1, 0.15) is 23.6 Å². The molecule has 2 heterocycles. The van der Waals surface area contributed by atoms with E-state index < -0.39 is 0 Å². The van der Waals surface area contributed by atoms with Crippen molar-refractivity contribution in [2.75, 3.05) is 0 Å². The molecule has 2 aliphatic carbocycles. The third kappa shape index (κ3) is 2.18. The predicted octanol–water partition coefficient (Wildman–Crippen LogP) is 3.35. The Bertz CT molecular complexity index is 782. The summed E-state index contributed by atoms with van der Waals surface area (Å²) in [6, 6.07) is 3.86. The first-order valence-corrected chi connectivity index (χ1v) is 8.10. The number of carbonyl (C=O) groups excluding carboxylic acids is 1. The molecular weight excluding hydrogens is 296 g/mol. The number of Topliss-reactive ketones (excluding diaryl/α,β-unsaturated/α-hetero) is 1. The Kier molecular flexibility index (Phi) is 3.15. The summed E-state index contributed by atoms with van der Waals surface area (Å²) in [5, 5.41) is 12.4. The number of aliphatic imine (C=N–C) groups is 2. The van der Waals surface area contributed by atoms with Gasteiger partial charge in [0, 0.05) is 23.6 Å². The highest BCUT2D eigenvalue weighted by Gasteiger charge is 2.34. The molecule has 2 atom stereocenters. The third-order valence-corrected chi connectivity index (χ3v) is 5.11. The summed E-state index contributed by atoms with van der Waals surface area (Å²) in [6.45, 7) is 0. The highest BCUT2D eigenvalue weighted by Crippen LogP contribution is 2.36. The fourth-order valence-corrected chi connectivity index (χ4v) is 3.84. The van der Waals surface area contributed by atoms with E-state index in [1.807, 2.05) is 41.8 Å². The average molecular weight is 310 g/mol. The summed E-state index contributed by atoms with van der Waals surface area (Å²) in [5.41, 5.74) is 1.13. The van der Waals surface area contributed by atoms with Crippen LogP contribution in [-0.4, -0.2) is 28.5 Å². The summed E-state index contributed by atoms with van der Waals surface area (Å²) >= 11 is 1.62. The van der Waals surface area contributed by atoms with Crippen LogP contribution < -0.4 is 0 Å². The lowest BCUT2D eigenvalue weighted by Crippen LogP contribution is -2.22. The van der Waals surface area contributed by atoms with Gasteiger partial charge in [0.1, 0.15) is 11.8 Å². The summed E-state index contributed by atoms with van der Waals surface area (Å²) in [4.78, 5) is 22.5. The minimum Gasteiger partial charge on any atom is -0.511 e. The second kappa shape index (κ2) is 5.18. The van der Waals surface area contributed by atoms with Crippen LogP contribution in [-0.2, 0) is 4.79 Å². The molecule has 1 aromatic rings. The molecule has 0 saturated carbocycles. The van der Waals surface area contributed by atoms with Gasteiger partial charge in [0.2, 0.25) is 0 Å². The second-order valence-corrected chi connectivity index (χ2v) is 6.52. The van der Waals surface area contributed by atoms with Crippen LogP contribution in [0.4, 0.5) is 0 Å². The van der Waals surface area contributed by atoms with Crippen LogP contribution in [0.15, 0.2) is 63.1 Å². The molecule has 0 radical (unpaired) electrons. The van der Waals surface area contributed by atoms with Gasteiger partial charge >= 0.3 is 0 Å². The predicted molar refractivity (Wildman–Crippen MR) is 87.9 cm³/mol. The Morgan fingerprint density at radius 3 is 2.91 bits per heavy atom. The van der Waals surface area contributed by atoms with Crippen LogP contribution in [0.5, 0.6) is 0 Å². The fraction of sp³-hybridized carbons (Fsp3) is 0.235. The molecule has 4 nitrogen and oxygen atoms in total. The molecule has 0 bridgehead atoms. The van der Waals surface area contributed by atoms with Crippen molar-refractivity contribution >= 4 is 28.7 Å². The molecule has 1 aliphatic heterocycles. The number of fused-ring (bicyclic) bond motifs is 1. The SMILES string of the molecule is O=C1CC(c2cccs2)CC(O)=C1C1=NC2C=CC=CC2=N1. The normalized spacial score (nSPS) is 27.0. The summed E-state index contributed by atoms with van der Waals surface area (Å²) in [6.07, 6.45) is 8.52. The van der Waals surface area contributed by atoms with Gasteiger partial charge in [-0.25, -0.2) is 4.99 Å². The van der Waals surface area contributed by atoms with Gasteiger partial charge in [-0.05, 0) is 17.5 Å². The first-order valence-electron chi connectivity index (χ1n) is 7.22. The maximum atomic E-state index is 12.5. The van der Waals surface area contributed by atoms with E-state index in [9.17, 15) is 9.90 Å². The van der Waals surface area contributed by atoms with Crippen molar-refractivity contribution in [1.82, 2.24) is 0 Å². The van der Waals surface area contributed by atoms with E-state index in [4.69, 9.17) is 0 Å². The van der Waals surface area contributed by atoms with Crippen LogP contribution in [0.25, 0.3) is 0 Å². The molecule has 3 aliphatic rings. The highest BCUT2D eigenvalue weighted by atomic mass is 32.1. The Morgan fingerprint density at radius 1 is 1.27 bits per heavy atom. The first kappa shape index (κ1) is 13.4. The molecule has 110 valence electrons. The van der Waals surface area contributed by atoms with Crippen LogP contribution in [0.2, 0.25) is 0 Å². The standard InChI is InChI=1S/C17H14N2O2S/c20-13-8-10(15-6-3-7-22-15)9-14(21)16(13)17-18-11-4-1-2-5-12(11)19-17/h1-7,10-11,20H,8-9H2. The van der Waals surface area contributed by atoms with Crippen molar-refractivity contribution in [3.8, 4) is 0 Å². The molecular formula is C17H14N2O2S. The van der Waals surface area contributed by atoms with Crippen molar-refractivity contribution in [3.05, 3.63) is 58.0 Å². The van der Waals surface area contributed by atoms with Gasteiger partial charge in [-0.15, -0.1) is 11.3 Å². The monoisotopic (exact) mass is 310 g/mol. The van der Waals surface area contributed by atoms with Gasteiger partial charge in [-0.2, -0.15) is 0 Å². The quantitative estimate of drug-likeness (QED) is 0.910. The Labute approximate surface area is 131 Å². The summed E-state index contributed by atoms with van der Waals surface area (Å²) < 4.78 is 0. The molecule has 0 spiro atoms. The van der Waals surface area contributed by atoms with Gasteiger partial charge in [0.25, 0.3) is 0 Å². The molecule has 5 heteroatoms. The Balaban J connectivity index is 1.67. The van der Waals surface area contributed by atoms with Crippen molar-refractivity contribution in [1.29, 1.82) is 0 Å². The lowest BCUT2D eigenvalue weighted by molar-refractivity contribution is -0.116. The van der Waals surface area contributed by atoms with Gasteiger partial charge in [-0.3, -0.25) is 9.79 Å². The smallest absolute Gasteiger partial charge is 0.170 e. The topological polar surface area (TPSA) is 62.0 Å². The van der Waals surface area contributed by atoms with E-state index in [2.05, 4.69) is 9.98 Å². The maximum Gasteiger partial charge on any atom is 0.170 e. The molecule has 1 N–H and O–H groups in total.